The van der Waals surface area contributed by atoms with Crippen LogP contribution < -0.4 is 0 Å². The molecule has 1 aliphatic rings. The number of nitrogens with zero attached hydrogens (tertiary/aromatic N) is 2. The first-order chi connectivity index (χ1) is 4.77. The number of hydrogen-bond donors (Lipinski definition) is 0. The molecule has 1 amide bonds. The van der Waals surface area contributed by atoms with E-state index in [1.54, 1.807) is 4.90 Å². The molecule has 1 fully saturated rings. The van der Waals surface area contributed by atoms with Gasteiger partial charge in [-0.15, -0.1) is 0 Å². The third-order valence-corrected chi connectivity index (χ3v) is 1.96. The van der Waals surface area contributed by atoms with Crippen LogP contribution in [0.1, 0.15) is 6.92 Å². The number of rotatable bonds is 1. The molecule has 1 aliphatic heterocycles. The highest BCUT2D eigenvalue weighted by molar-refractivity contribution is 5.48. The van der Waals surface area contributed by atoms with Crippen LogP contribution in [0.3, 0.4) is 0 Å². The molecule has 0 aromatic rings. The van der Waals surface area contributed by atoms with E-state index in [0.717, 1.165) is 13.0 Å². The smallest absolute Gasteiger partial charge is 0.209 e. The van der Waals surface area contributed by atoms with Crippen LogP contribution in [0.5, 0.6) is 0 Å². The zero-order chi connectivity index (χ0) is 7.56. The van der Waals surface area contributed by atoms with Crippen molar-refractivity contribution in [2.45, 2.75) is 6.92 Å². The van der Waals surface area contributed by atoms with Crippen LogP contribution in [0.2, 0.25) is 0 Å². The van der Waals surface area contributed by atoms with Gasteiger partial charge in [0.05, 0.1) is 12.0 Å². The van der Waals surface area contributed by atoms with Crippen molar-refractivity contribution in [2.24, 2.45) is 11.8 Å². The first-order valence-electron chi connectivity index (χ1n) is 3.37. The van der Waals surface area contributed by atoms with Crippen LogP contribution in [0.25, 0.3) is 0 Å². The average molecular weight is 138 g/mol. The highest BCUT2D eigenvalue weighted by Gasteiger charge is 2.28. The summed E-state index contributed by atoms with van der Waals surface area (Å²) in [4.78, 5) is 11.9. The molecule has 1 saturated heterocycles. The van der Waals surface area contributed by atoms with E-state index >= 15 is 0 Å². The zero-order valence-corrected chi connectivity index (χ0v) is 5.95. The lowest BCUT2D eigenvalue weighted by molar-refractivity contribution is -0.117. The molecule has 0 aromatic carbocycles. The topological polar surface area (TPSA) is 44.1 Å². The molecule has 2 atom stereocenters. The second-order valence-corrected chi connectivity index (χ2v) is 2.77. The molecule has 0 spiro atoms. The fourth-order valence-electron chi connectivity index (χ4n) is 1.26. The molecule has 0 N–H and O–H groups in total. The maximum absolute atomic E-state index is 10.2. The molecule has 1 heterocycles. The van der Waals surface area contributed by atoms with Gasteiger partial charge in [0.25, 0.3) is 0 Å². The van der Waals surface area contributed by atoms with Crippen molar-refractivity contribution < 1.29 is 4.79 Å². The standard InChI is InChI=1S/C7H10N2O/c1-6-3-9(5-10)4-7(6)2-8/h5-7H,3-4H2,1H3/t6-,7?/m1/s1. The zero-order valence-electron chi connectivity index (χ0n) is 5.95. The summed E-state index contributed by atoms with van der Waals surface area (Å²) in [5.74, 6) is 0.389. The Labute approximate surface area is 60.2 Å². The third-order valence-electron chi connectivity index (χ3n) is 1.96. The van der Waals surface area contributed by atoms with Crippen LogP contribution in [0.15, 0.2) is 0 Å². The Hall–Kier alpha value is -1.04. The van der Waals surface area contributed by atoms with Crippen LogP contribution in [-0.4, -0.2) is 24.4 Å². The van der Waals surface area contributed by atoms with Crippen LogP contribution in [-0.2, 0) is 4.79 Å². The number of hydrogen-bond acceptors (Lipinski definition) is 2. The summed E-state index contributed by atoms with van der Waals surface area (Å²) >= 11 is 0. The molecule has 3 heteroatoms. The molecule has 1 rings (SSSR count). The molecule has 3 nitrogen and oxygen atoms in total. The Morgan fingerprint density at radius 3 is 2.70 bits per heavy atom. The summed E-state index contributed by atoms with van der Waals surface area (Å²) in [6.07, 6.45) is 0.813. The van der Waals surface area contributed by atoms with Crippen molar-refractivity contribution in [1.82, 2.24) is 4.90 Å². The SMILES string of the molecule is C[C@@H]1CN(C=O)CC1C#N. The summed E-state index contributed by atoms with van der Waals surface area (Å²) in [6.45, 7) is 3.35. The molecular weight excluding hydrogens is 128 g/mol. The minimum atomic E-state index is 0.0465. The van der Waals surface area contributed by atoms with E-state index in [0.29, 0.717) is 12.5 Å². The van der Waals surface area contributed by atoms with E-state index in [2.05, 4.69) is 6.07 Å². The van der Waals surface area contributed by atoms with Crippen molar-refractivity contribution in [2.75, 3.05) is 13.1 Å². The Morgan fingerprint density at radius 2 is 2.40 bits per heavy atom. The van der Waals surface area contributed by atoms with Gasteiger partial charge in [-0.25, -0.2) is 0 Å². The van der Waals surface area contributed by atoms with Gasteiger partial charge in [0.15, 0.2) is 0 Å². The predicted octanol–water partition coefficient (Wildman–Crippen LogP) is 0.234. The largest absolute Gasteiger partial charge is 0.344 e. The summed E-state index contributed by atoms with van der Waals surface area (Å²) in [5, 5.41) is 8.56. The Bertz CT molecular complexity index is 173. The predicted molar refractivity (Wildman–Crippen MR) is 35.9 cm³/mol. The molecule has 0 aliphatic carbocycles. The van der Waals surface area contributed by atoms with Crippen molar-refractivity contribution >= 4 is 6.41 Å². The summed E-state index contributed by atoms with van der Waals surface area (Å²) in [5.41, 5.74) is 0. The molecule has 54 valence electrons. The maximum atomic E-state index is 10.2. The molecule has 10 heavy (non-hydrogen) atoms. The normalized spacial score (nSPS) is 31.8. The number of carbonyl (C=O) groups excluding carboxylic acids is 1. The van der Waals surface area contributed by atoms with Crippen LogP contribution >= 0.6 is 0 Å². The summed E-state index contributed by atoms with van der Waals surface area (Å²) in [7, 11) is 0. The van der Waals surface area contributed by atoms with Crippen molar-refractivity contribution in [1.29, 1.82) is 5.26 Å². The molecule has 0 bridgehead atoms. The Kier molecular flexibility index (Phi) is 1.91. The fourth-order valence-corrected chi connectivity index (χ4v) is 1.26. The van der Waals surface area contributed by atoms with Gasteiger partial charge in [-0.2, -0.15) is 5.26 Å². The number of amides is 1. The van der Waals surface area contributed by atoms with Gasteiger partial charge in [-0.1, -0.05) is 6.92 Å². The fraction of sp³-hybridized carbons (Fsp3) is 0.714. The van der Waals surface area contributed by atoms with Crippen molar-refractivity contribution in [3.8, 4) is 6.07 Å². The monoisotopic (exact) mass is 138 g/mol. The van der Waals surface area contributed by atoms with Crippen molar-refractivity contribution in [3.63, 3.8) is 0 Å². The molecule has 0 aromatic heterocycles. The Morgan fingerprint density at radius 1 is 1.70 bits per heavy atom. The van der Waals surface area contributed by atoms with Crippen LogP contribution in [0.4, 0.5) is 0 Å². The first kappa shape index (κ1) is 7.07. The van der Waals surface area contributed by atoms with Gasteiger partial charge in [0.2, 0.25) is 6.41 Å². The highest BCUT2D eigenvalue weighted by Crippen LogP contribution is 2.20. The first-order valence-corrected chi connectivity index (χ1v) is 3.37. The number of carbonyl (C=O) groups is 1. The Balaban J connectivity index is 2.54. The van der Waals surface area contributed by atoms with E-state index in [1.165, 1.54) is 0 Å². The molecule has 0 saturated carbocycles. The van der Waals surface area contributed by atoms with E-state index in [9.17, 15) is 4.79 Å². The van der Waals surface area contributed by atoms with E-state index in [4.69, 9.17) is 5.26 Å². The number of likely N-dealkylation sites (tertiary alicyclic amines) is 1. The van der Waals surface area contributed by atoms with E-state index in [1.807, 2.05) is 6.92 Å². The lowest BCUT2D eigenvalue weighted by atomic mass is 10.0. The van der Waals surface area contributed by atoms with Gasteiger partial charge in [-0.3, -0.25) is 4.79 Å². The summed E-state index contributed by atoms with van der Waals surface area (Å²) in [6, 6.07) is 2.18. The third kappa shape index (κ3) is 1.10. The van der Waals surface area contributed by atoms with E-state index < -0.39 is 0 Å². The molecule has 1 unspecified atom stereocenters. The van der Waals surface area contributed by atoms with Crippen molar-refractivity contribution in [3.05, 3.63) is 0 Å². The second kappa shape index (κ2) is 2.70. The second-order valence-electron chi connectivity index (χ2n) is 2.77. The maximum Gasteiger partial charge on any atom is 0.209 e. The van der Waals surface area contributed by atoms with Gasteiger partial charge in [0.1, 0.15) is 0 Å². The average Bonchev–Trinajstić information content (AvgIpc) is 2.30. The quantitative estimate of drug-likeness (QED) is 0.487. The minimum absolute atomic E-state index is 0.0465. The van der Waals surface area contributed by atoms with Gasteiger partial charge < -0.3 is 4.90 Å². The van der Waals surface area contributed by atoms with Gasteiger partial charge in [-0.05, 0) is 5.92 Å². The summed E-state index contributed by atoms with van der Waals surface area (Å²) < 4.78 is 0. The van der Waals surface area contributed by atoms with E-state index in [-0.39, 0.29) is 5.92 Å². The van der Waals surface area contributed by atoms with Gasteiger partial charge >= 0.3 is 0 Å². The molecular formula is C7H10N2O. The minimum Gasteiger partial charge on any atom is -0.344 e. The van der Waals surface area contributed by atoms with Crippen LogP contribution in [0, 0.1) is 23.2 Å². The lowest BCUT2D eigenvalue weighted by Gasteiger charge is -2.04. The molecule has 0 radical (unpaired) electrons. The van der Waals surface area contributed by atoms with Gasteiger partial charge in [0, 0.05) is 13.1 Å². The lowest BCUT2D eigenvalue weighted by Crippen LogP contribution is -2.17. The number of nitriles is 1. The highest BCUT2D eigenvalue weighted by atomic mass is 16.1.